The minimum Gasteiger partial charge on any atom is -0.356 e. The number of alkyl halides is 7. The average Bonchev–Trinajstić information content (AvgIpc) is 2.24. The third-order valence-electron chi connectivity index (χ3n) is 2.41. The third-order valence-corrected chi connectivity index (χ3v) is 2.41. The lowest BCUT2D eigenvalue weighted by atomic mass is 9.90. The topological polar surface area (TPSA) is 18.5 Å². The maximum Gasteiger partial charge on any atom is 0.426 e. The summed E-state index contributed by atoms with van der Waals surface area (Å²) in [4.78, 5) is 0. The first kappa shape index (κ1) is 18.4. The molecular weight excluding hydrogens is 285 g/mol. The van der Waals surface area contributed by atoms with Gasteiger partial charge in [0.25, 0.3) is 5.60 Å². The van der Waals surface area contributed by atoms with Crippen LogP contribution in [0.2, 0.25) is 0 Å². The van der Waals surface area contributed by atoms with E-state index in [9.17, 15) is 30.7 Å². The highest BCUT2D eigenvalue weighted by Gasteiger charge is 2.72. The van der Waals surface area contributed by atoms with E-state index in [1.54, 1.807) is 0 Å². The van der Waals surface area contributed by atoms with Crippen molar-refractivity contribution >= 4 is 0 Å². The van der Waals surface area contributed by atoms with Gasteiger partial charge in [-0.3, -0.25) is 4.39 Å². The van der Waals surface area contributed by atoms with Gasteiger partial charge in [-0.2, -0.15) is 26.3 Å². The van der Waals surface area contributed by atoms with Crippen LogP contribution in [0, 0.1) is 5.92 Å². The number of halogens is 7. The molecule has 0 rings (SSSR count). The largest absolute Gasteiger partial charge is 0.426 e. The van der Waals surface area contributed by atoms with Crippen LogP contribution in [0.4, 0.5) is 30.7 Å². The van der Waals surface area contributed by atoms with Gasteiger partial charge in [-0.1, -0.05) is 6.92 Å². The highest BCUT2D eigenvalue weighted by molar-refractivity contribution is 4.96. The summed E-state index contributed by atoms with van der Waals surface area (Å²) >= 11 is 0. The normalized spacial score (nSPS) is 15.6. The lowest BCUT2D eigenvalue weighted by molar-refractivity contribution is -0.397. The average molecular weight is 300 g/mol. The molecule has 0 aromatic rings. The molecule has 9 heteroatoms. The quantitative estimate of drug-likeness (QED) is 0.404. The van der Waals surface area contributed by atoms with Crippen LogP contribution in [-0.2, 0) is 9.47 Å². The van der Waals surface area contributed by atoms with Gasteiger partial charge in [-0.25, -0.2) is 0 Å². The molecule has 0 aliphatic rings. The predicted octanol–water partition coefficient (Wildman–Crippen LogP) is 3.86. The van der Waals surface area contributed by atoms with E-state index in [0.717, 1.165) is 6.92 Å². The van der Waals surface area contributed by atoms with Gasteiger partial charge in [0.15, 0.2) is 0 Å². The van der Waals surface area contributed by atoms with Crippen molar-refractivity contribution < 1.29 is 40.2 Å². The smallest absolute Gasteiger partial charge is 0.356 e. The minimum absolute atomic E-state index is 0.107. The van der Waals surface area contributed by atoms with Crippen LogP contribution in [0.15, 0.2) is 0 Å². The fraction of sp³-hybridized carbons (Fsp3) is 1.00. The van der Waals surface area contributed by atoms with Crippen molar-refractivity contribution in [3.8, 4) is 0 Å². The van der Waals surface area contributed by atoms with Gasteiger partial charge in [-0.15, -0.1) is 0 Å². The van der Waals surface area contributed by atoms with Gasteiger partial charge < -0.3 is 9.47 Å². The van der Waals surface area contributed by atoms with Crippen LogP contribution in [0.25, 0.3) is 0 Å². The molecule has 0 aromatic heterocycles. The minimum atomic E-state index is -5.72. The zero-order chi connectivity index (χ0) is 15.3. The van der Waals surface area contributed by atoms with Gasteiger partial charge in [0.05, 0.1) is 6.67 Å². The molecule has 0 saturated heterocycles. The first-order valence-corrected chi connectivity index (χ1v) is 5.43. The molecular formula is C10H15F7O2. The zero-order valence-corrected chi connectivity index (χ0v) is 10.4. The molecule has 0 spiro atoms. The molecule has 116 valence electrons. The van der Waals surface area contributed by atoms with Crippen LogP contribution in [0.5, 0.6) is 0 Å². The summed E-state index contributed by atoms with van der Waals surface area (Å²) in [6.45, 7) is -0.266. The summed E-state index contributed by atoms with van der Waals surface area (Å²) in [6.07, 6.45) is -13.0. The van der Waals surface area contributed by atoms with Crippen molar-refractivity contribution in [1.29, 1.82) is 0 Å². The van der Waals surface area contributed by atoms with Crippen molar-refractivity contribution in [3.63, 3.8) is 0 Å². The van der Waals surface area contributed by atoms with Crippen LogP contribution >= 0.6 is 0 Å². The second-order valence-corrected chi connectivity index (χ2v) is 4.04. The lowest BCUT2D eigenvalue weighted by Gasteiger charge is -2.38. The number of hydrogen-bond donors (Lipinski definition) is 0. The molecule has 0 aliphatic heterocycles. The van der Waals surface area contributed by atoms with E-state index < -0.39 is 43.8 Å². The Labute approximate surface area is 105 Å². The summed E-state index contributed by atoms with van der Waals surface area (Å²) in [5, 5.41) is 0. The Morgan fingerprint density at radius 2 is 1.47 bits per heavy atom. The third kappa shape index (κ3) is 4.48. The van der Waals surface area contributed by atoms with E-state index >= 15 is 0 Å². The van der Waals surface area contributed by atoms with E-state index in [4.69, 9.17) is 0 Å². The summed E-state index contributed by atoms with van der Waals surface area (Å²) in [7, 11) is 0. The molecule has 19 heavy (non-hydrogen) atoms. The van der Waals surface area contributed by atoms with E-state index in [2.05, 4.69) is 9.47 Å². The Balaban J connectivity index is 5.35. The maximum absolute atomic E-state index is 12.8. The van der Waals surface area contributed by atoms with Gasteiger partial charge in [0.2, 0.25) is 0 Å². The SMILES string of the molecule is CCOCOC(CC(C)CF)(C(F)(F)F)C(F)(F)F. The van der Waals surface area contributed by atoms with E-state index in [0.29, 0.717) is 0 Å². The molecule has 0 radical (unpaired) electrons. The first-order chi connectivity index (χ1) is 8.52. The van der Waals surface area contributed by atoms with Crippen molar-refractivity contribution in [2.75, 3.05) is 20.1 Å². The predicted molar refractivity (Wildman–Crippen MR) is 52.2 cm³/mol. The van der Waals surface area contributed by atoms with Crippen LogP contribution in [0.3, 0.4) is 0 Å². The van der Waals surface area contributed by atoms with Crippen molar-refractivity contribution in [2.24, 2.45) is 5.92 Å². The molecule has 0 amide bonds. The Hall–Kier alpha value is -0.570. The Morgan fingerprint density at radius 3 is 1.79 bits per heavy atom. The fourth-order valence-corrected chi connectivity index (χ4v) is 1.39. The molecule has 2 nitrogen and oxygen atoms in total. The van der Waals surface area contributed by atoms with Gasteiger partial charge in [-0.05, 0) is 19.3 Å². The molecule has 0 aliphatic carbocycles. The van der Waals surface area contributed by atoms with Gasteiger partial charge in [0, 0.05) is 6.61 Å². The highest BCUT2D eigenvalue weighted by atomic mass is 19.4. The van der Waals surface area contributed by atoms with Crippen LogP contribution in [0.1, 0.15) is 20.3 Å². The standard InChI is InChI=1S/C10H15F7O2/c1-3-18-6-19-8(9(12,13)14,10(15,16)17)4-7(2)5-11/h7H,3-6H2,1-2H3. The maximum atomic E-state index is 12.8. The Bertz CT molecular complexity index is 248. The summed E-state index contributed by atoms with van der Waals surface area (Å²) in [6, 6.07) is 0. The summed E-state index contributed by atoms with van der Waals surface area (Å²) in [5.74, 6) is -1.45. The van der Waals surface area contributed by atoms with Crippen LogP contribution < -0.4 is 0 Å². The Kier molecular flexibility index (Phi) is 6.53. The lowest BCUT2D eigenvalue weighted by Crippen LogP contribution is -2.60. The monoisotopic (exact) mass is 300 g/mol. The molecule has 0 heterocycles. The first-order valence-electron chi connectivity index (χ1n) is 5.43. The highest BCUT2D eigenvalue weighted by Crippen LogP contribution is 2.49. The van der Waals surface area contributed by atoms with Gasteiger partial charge >= 0.3 is 12.4 Å². The molecule has 0 saturated carbocycles. The second kappa shape index (κ2) is 6.74. The Morgan fingerprint density at radius 1 is 1.00 bits per heavy atom. The zero-order valence-electron chi connectivity index (χ0n) is 10.4. The molecule has 1 atom stereocenters. The second-order valence-electron chi connectivity index (χ2n) is 4.04. The molecule has 0 bridgehead atoms. The number of rotatable bonds is 7. The molecule has 0 aromatic carbocycles. The van der Waals surface area contributed by atoms with Crippen molar-refractivity contribution in [1.82, 2.24) is 0 Å². The summed E-state index contributed by atoms with van der Waals surface area (Å²) < 4.78 is 97.2. The van der Waals surface area contributed by atoms with Crippen molar-refractivity contribution in [3.05, 3.63) is 0 Å². The molecule has 0 fully saturated rings. The number of hydrogen-bond acceptors (Lipinski definition) is 2. The van der Waals surface area contributed by atoms with Crippen molar-refractivity contribution in [2.45, 2.75) is 38.2 Å². The summed E-state index contributed by atoms with van der Waals surface area (Å²) in [5.41, 5.74) is -4.42. The number of ether oxygens (including phenoxy) is 2. The van der Waals surface area contributed by atoms with E-state index in [-0.39, 0.29) is 6.61 Å². The van der Waals surface area contributed by atoms with E-state index in [1.165, 1.54) is 6.92 Å². The fourth-order valence-electron chi connectivity index (χ4n) is 1.39. The van der Waals surface area contributed by atoms with Crippen LogP contribution in [-0.4, -0.2) is 38.0 Å². The van der Waals surface area contributed by atoms with Gasteiger partial charge in [0.1, 0.15) is 6.79 Å². The molecule has 1 unspecified atom stereocenters. The van der Waals surface area contributed by atoms with E-state index in [1.807, 2.05) is 0 Å². The molecule has 0 N–H and O–H groups in total.